The van der Waals surface area contributed by atoms with Crippen LogP contribution in [0.1, 0.15) is 10.4 Å². The zero-order valence-electron chi connectivity index (χ0n) is 9.37. The number of rotatable bonds is 4. The van der Waals surface area contributed by atoms with E-state index in [2.05, 4.69) is 4.74 Å². The SMILES string of the molecule is O=C(O)c1ccc(OC(F)F)c(NC(=O)C(F)(F)F)c1. The summed E-state index contributed by atoms with van der Waals surface area (Å²) < 4.78 is 64.2. The van der Waals surface area contributed by atoms with Crippen LogP contribution in [0.25, 0.3) is 0 Å². The molecule has 0 spiro atoms. The Kier molecular flexibility index (Phi) is 4.48. The van der Waals surface area contributed by atoms with Gasteiger partial charge in [0.2, 0.25) is 0 Å². The molecule has 1 amide bonds. The van der Waals surface area contributed by atoms with Gasteiger partial charge in [-0.05, 0) is 18.2 Å². The Labute approximate surface area is 107 Å². The Morgan fingerprint density at radius 2 is 1.85 bits per heavy atom. The molecule has 0 aliphatic rings. The number of amides is 1. The molecule has 0 saturated carbocycles. The molecule has 0 unspecified atom stereocenters. The highest BCUT2D eigenvalue weighted by Gasteiger charge is 2.39. The standard InChI is InChI=1S/C10H6F5NO4/c11-9(12)20-6-2-1-4(7(17)18)3-5(6)16-8(19)10(13,14)15/h1-3,9H,(H,16,19)(H,17,18). The lowest BCUT2D eigenvalue weighted by atomic mass is 10.2. The lowest BCUT2D eigenvalue weighted by Gasteiger charge is -2.13. The number of ether oxygens (including phenoxy) is 1. The van der Waals surface area contributed by atoms with Gasteiger partial charge in [0.25, 0.3) is 0 Å². The molecule has 2 N–H and O–H groups in total. The second kappa shape index (κ2) is 5.72. The Morgan fingerprint density at radius 1 is 1.25 bits per heavy atom. The number of carboxylic acids is 1. The van der Waals surface area contributed by atoms with Crippen LogP contribution < -0.4 is 10.1 Å². The molecule has 1 rings (SSSR count). The third-order valence-electron chi connectivity index (χ3n) is 1.95. The van der Waals surface area contributed by atoms with Crippen molar-refractivity contribution in [1.82, 2.24) is 0 Å². The first-order valence-electron chi connectivity index (χ1n) is 4.81. The molecule has 110 valence electrons. The number of hydrogen-bond donors (Lipinski definition) is 2. The number of alkyl halides is 5. The highest BCUT2D eigenvalue weighted by atomic mass is 19.4. The van der Waals surface area contributed by atoms with Gasteiger partial charge in [0, 0.05) is 0 Å². The first-order chi connectivity index (χ1) is 9.11. The summed E-state index contributed by atoms with van der Waals surface area (Å²) >= 11 is 0. The predicted octanol–water partition coefficient (Wildman–Crippen LogP) is 2.49. The van der Waals surface area contributed by atoms with Crippen molar-refractivity contribution in [3.63, 3.8) is 0 Å². The molecule has 0 fully saturated rings. The van der Waals surface area contributed by atoms with Crippen molar-refractivity contribution in [2.24, 2.45) is 0 Å². The largest absolute Gasteiger partial charge is 0.478 e. The van der Waals surface area contributed by atoms with Gasteiger partial charge >= 0.3 is 24.7 Å². The summed E-state index contributed by atoms with van der Waals surface area (Å²) in [5.41, 5.74) is -1.34. The Bertz CT molecular complexity index is 529. The summed E-state index contributed by atoms with van der Waals surface area (Å²) in [4.78, 5) is 21.4. The lowest BCUT2D eigenvalue weighted by molar-refractivity contribution is -0.167. The number of nitrogens with one attached hydrogen (secondary N) is 1. The zero-order chi connectivity index (χ0) is 15.5. The summed E-state index contributed by atoms with van der Waals surface area (Å²) in [5, 5.41) is 9.92. The molecule has 1 aromatic rings. The van der Waals surface area contributed by atoms with Crippen molar-refractivity contribution in [3.05, 3.63) is 23.8 Å². The lowest BCUT2D eigenvalue weighted by Crippen LogP contribution is -2.30. The minimum atomic E-state index is -5.26. The number of carbonyl (C=O) groups is 2. The first-order valence-corrected chi connectivity index (χ1v) is 4.81. The van der Waals surface area contributed by atoms with Crippen LogP contribution in [-0.2, 0) is 4.79 Å². The number of aromatic carboxylic acids is 1. The first kappa shape index (κ1) is 15.7. The van der Waals surface area contributed by atoms with Crippen LogP contribution in [0.2, 0.25) is 0 Å². The van der Waals surface area contributed by atoms with Gasteiger partial charge in [-0.25, -0.2) is 4.79 Å². The van der Waals surface area contributed by atoms with Gasteiger partial charge in [0.15, 0.2) is 0 Å². The van der Waals surface area contributed by atoms with E-state index in [1.807, 2.05) is 0 Å². The van der Waals surface area contributed by atoms with Crippen molar-refractivity contribution in [3.8, 4) is 5.75 Å². The van der Waals surface area contributed by atoms with Crippen LogP contribution in [0.5, 0.6) is 5.75 Å². The average molecular weight is 299 g/mol. The summed E-state index contributed by atoms with van der Waals surface area (Å²) in [5.74, 6) is -4.75. The second-order valence-corrected chi connectivity index (χ2v) is 3.35. The van der Waals surface area contributed by atoms with E-state index in [9.17, 15) is 31.5 Å². The number of carbonyl (C=O) groups excluding carboxylic acids is 1. The van der Waals surface area contributed by atoms with Crippen LogP contribution in [0, 0.1) is 0 Å². The molecule has 1 aromatic carbocycles. The number of anilines is 1. The number of carboxylic acid groups (broad SMARTS) is 1. The molecule has 0 heterocycles. The third kappa shape index (κ3) is 4.07. The van der Waals surface area contributed by atoms with Crippen molar-refractivity contribution in [1.29, 1.82) is 0 Å². The molecule has 0 atom stereocenters. The Morgan fingerprint density at radius 3 is 2.30 bits per heavy atom. The summed E-state index contributed by atoms with van der Waals surface area (Å²) in [6.07, 6.45) is -5.26. The van der Waals surface area contributed by atoms with E-state index in [-0.39, 0.29) is 0 Å². The van der Waals surface area contributed by atoms with Gasteiger partial charge < -0.3 is 15.2 Å². The fraction of sp³-hybridized carbons (Fsp3) is 0.200. The number of halogens is 5. The van der Waals surface area contributed by atoms with E-state index in [1.54, 1.807) is 0 Å². The van der Waals surface area contributed by atoms with Gasteiger partial charge in [-0.2, -0.15) is 22.0 Å². The highest BCUT2D eigenvalue weighted by molar-refractivity contribution is 5.98. The molecule has 0 aliphatic carbocycles. The molecule has 10 heteroatoms. The van der Waals surface area contributed by atoms with Gasteiger partial charge in [-0.3, -0.25) is 4.79 Å². The maximum atomic E-state index is 12.1. The van der Waals surface area contributed by atoms with Crippen molar-refractivity contribution in [2.75, 3.05) is 5.32 Å². The van der Waals surface area contributed by atoms with Crippen LogP contribution >= 0.6 is 0 Å². The summed E-state index contributed by atoms with van der Waals surface area (Å²) in [6, 6.07) is 2.12. The van der Waals surface area contributed by atoms with E-state index in [4.69, 9.17) is 5.11 Å². The van der Waals surface area contributed by atoms with Gasteiger partial charge in [0.1, 0.15) is 5.75 Å². The van der Waals surface area contributed by atoms with E-state index in [1.165, 1.54) is 5.32 Å². The maximum Gasteiger partial charge on any atom is 0.471 e. The predicted molar refractivity (Wildman–Crippen MR) is 54.7 cm³/mol. The molecule has 20 heavy (non-hydrogen) atoms. The Hall–Kier alpha value is -2.39. The van der Waals surface area contributed by atoms with Crippen molar-refractivity contribution >= 4 is 17.6 Å². The van der Waals surface area contributed by atoms with Crippen LogP contribution in [0.3, 0.4) is 0 Å². The van der Waals surface area contributed by atoms with Gasteiger partial charge in [-0.15, -0.1) is 0 Å². The minimum absolute atomic E-state index is 0.510. The quantitative estimate of drug-likeness (QED) is 0.838. The molecule has 0 saturated heterocycles. The molecular formula is C10H6F5NO4. The topological polar surface area (TPSA) is 75.6 Å². The van der Waals surface area contributed by atoms with E-state index >= 15 is 0 Å². The second-order valence-electron chi connectivity index (χ2n) is 3.35. The minimum Gasteiger partial charge on any atom is -0.478 e. The smallest absolute Gasteiger partial charge is 0.471 e. The molecule has 0 bridgehead atoms. The zero-order valence-corrected chi connectivity index (χ0v) is 9.37. The highest BCUT2D eigenvalue weighted by Crippen LogP contribution is 2.29. The summed E-state index contributed by atoms with van der Waals surface area (Å²) in [6.45, 7) is -3.35. The van der Waals surface area contributed by atoms with Crippen molar-refractivity contribution < 1.29 is 41.4 Å². The maximum absolute atomic E-state index is 12.1. The normalized spacial score (nSPS) is 11.3. The fourth-order valence-corrected chi connectivity index (χ4v) is 1.15. The molecular weight excluding hydrogens is 293 g/mol. The van der Waals surface area contributed by atoms with Crippen LogP contribution in [-0.4, -0.2) is 29.8 Å². The third-order valence-corrected chi connectivity index (χ3v) is 1.95. The van der Waals surface area contributed by atoms with Crippen molar-refractivity contribution in [2.45, 2.75) is 12.8 Å². The van der Waals surface area contributed by atoms with Gasteiger partial charge in [0.05, 0.1) is 11.3 Å². The van der Waals surface area contributed by atoms with E-state index < -0.39 is 41.7 Å². The number of hydrogen-bond acceptors (Lipinski definition) is 3. The van der Waals surface area contributed by atoms with Crippen LogP contribution in [0.4, 0.5) is 27.6 Å². The Balaban J connectivity index is 3.14. The van der Waals surface area contributed by atoms with E-state index in [0.717, 1.165) is 6.07 Å². The summed E-state index contributed by atoms with van der Waals surface area (Å²) in [7, 11) is 0. The van der Waals surface area contributed by atoms with Crippen LogP contribution in [0.15, 0.2) is 18.2 Å². The monoisotopic (exact) mass is 299 g/mol. The average Bonchev–Trinajstić information content (AvgIpc) is 2.29. The molecule has 0 aliphatic heterocycles. The molecule has 5 nitrogen and oxygen atoms in total. The van der Waals surface area contributed by atoms with E-state index in [0.29, 0.717) is 12.1 Å². The number of benzene rings is 1. The fourth-order valence-electron chi connectivity index (χ4n) is 1.15. The van der Waals surface area contributed by atoms with Gasteiger partial charge in [-0.1, -0.05) is 0 Å². The molecule has 0 aromatic heterocycles. The molecule has 0 radical (unpaired) electrons.